The SMILES string of the molecule is CC(=O)N[C@@H]1[C@@H](O)[C@H](O[C@@H]2O[C@H](C(=O)O)[C@@H](O)[C@H](O)[C@H]2NC(C)=O)[C@@H](CO)O[C@@H]1O. The van der Waals surface area contributed by atoms with Gasteiger partial charge in [-0.3, -0.25) is 9.59 Å². The molecule has 0 bridgehead atoms. The fourth-order valence-corrected chi connectivity index (χ4v) is 3.37. The van der Waals surface area contributed by atoms with E-state index in [1.165, 1.54) is 0 Å². The maximum Gasteiger partial charge on any atom is 0.335 e. The van der Waals surface area contributed by atoms with Gasteiger partial charge in [0.2, 0.25) is 11.8 Å². The van der Waals surface area contributed by atoms with Crippen molar-refractivity contribution >= 4 is 17.8 Å². The summed E-state index contributed by atoms with van der Waals surface area (Å²) in [6.07, 6.45) is -13.6. The van der Waals surface area contributed by atoms with Crippen LogP contribution < -0.4 is 10.6 Å². The van der Waals surface area contributed by atoms with E-state index in [9.17, 15) is 45.0 Å². The van der Waals surface area contributed by atoms with E-state index in [0.717, 1.165) is 13.8 Å². The zero-order valence-corrected chi connectivity index (χ0v) is 16.1. The quantitative estimate of drug-likeness (QED) is 0.195. The topological polar surface area (TPSA) is 224 Å². The summed E-state index contributed by atoms with van der Waals surface area (Å²) in [6, 6.07) is -2.82. The van der Waals surface area contributed by atoms with Crippen molar-refractivity contribution in [1.29, 1.82) is 0 Å². The van der Waals surface area contributed by atoms with Gasteiger partial charge >= 0.3 is 5.97 Å². The van der Waals surface area contributed by atoms with E-state index in [4.69, 9.17) is 14.2 Å². The Hall–Kier alpha value is -1.91. The number of aliphatic carboxylic acids is 1. The van der Waals surface area contributed by atoms with E-state index in [1.807, 2.05) is 0 Å². The van der Waals surface area contributed by atoms with Crippen LogP contribution in [0, 0.1) is 0 Å². The molecule has 0 unspecified atom stereocenters. The van der Waals surface area contributed by atoms with Gasteiger partial charge in [0.15, 0.2) is 18.7 Å². The Morgan fingerprint density at radius 3 is 1.97 bits per heavy atom. The summed E-state index contributed by atoms with van der Waals surface area (Å²) < 4.78 is 15.9. The number of carboxylic acid groups (broad SMARTS) is 1. The van der Waals surface area contributed by atoms with Gasteiger partial charge in [-0.15, -0.1) is 0 Å². The molecule has 14 heteroatoms. The smallest absolute Gasteiger partial charge is 0.335 e. The minimum absolute atomic E-state index is 0.613. The Balaban J connectivity index is 2.31. The molecule has 10 atom stereocenters. The highest BCUT2D eigenvalue weighted by Gasteiger charge is 2.52. The Kier molecular flexibility index (Phi) is 8.06. The molecule has 2 fully saturated rings. The first-order chi connectivity index (χ1) is 14.0. The summed E-state index contributed by atoms with van der Waals surface area (Å²) in [5.74, 6) is -2.90. The molecule has 8 N–H and O–H groups in total. The first-order valence-electron chi connectivity index (χ1n) is 9.04. The number of ether oxygens (including phenoxy) is 3. The lowest BCUT2D eigenvalue weighted by molar-refractivity contribution is -0.323. The van der Waals surface area contributed by atoms with Crippen LogP contribution in [0.4, 0.5) is 0 Å². The maximum absolute atomic E-state index is 11.5. The van der Waals surface area contributed by atoms with Gasteiger partial charge in [-0.05, 0) is 0 Å². The summed E-state index contributed by atoms with van der Waals surface area (Å²) >= 11 is 0. The molecule has 2 aliphatic heterocycles. The molecule has 2 aliphatic rings. The molecule has 30 heavy (non-hydrogen) atoms. The number of nitrogens with one attached hydrogen (secondary N) is 2. The Morgan fingerprint density at radius 1 is 0.900 bits per heavy atom. The van der Waals surface area contributed by atoms with Crippen LogP contribution in [0.25, 0.3) is 0 Å². The highest BCUT2D eigenvalue weighted by Crippen LogP contribution is 2.29. The van der Waals surface area contributed by atoms with Crippen molar-refractivity contribution in [3.05, 3.63) is 0 Å². The minimum Gasteiger partial charge on any atom is -0.479 e. The number of carbonyl (C=O) groups is 3. The second-order valence-electron chi connectivity index (χ2n) is 7.04. The van der Waals surface area contributed by atoms with Crippen LogP contribution in [0.5, 0.6) is 0 Å². The van der Waals surface area contributed by atoms with E-state index in [1.54, 1.807) is 0 Å². The molecule has 0 saturated carbocycles. The summed E-state index contributed by atoms with van der Waals surface area (Å²) in [4.78, 5) is 34.2. The van der Waals surface area contributed by atoms with Gasteiger partial charge in [-0.25, -0.2) is 4.79 Å². The van der Waals surface area contributed by atoms with Crippen LogP contribution in [0.3, 0.4) is 0 Å². The van der Waals surface area contributed by atoms with Crippen LogP contribution in [0.1, 0.15) is 13.8 Å². The fraction of sp³-hybridized carbons (Fsp3) is 0.812. The molecule has 14 nitrogen and oxygen atoms in total. The van der Waals surface area contributed by atoms with Crippen LogP contribution in [0.15, 0.2) is 0 Å². The summed E-state index contributed by atoms with van der Waals surface area (Å²) in [7, 11) is 0. The third-order valence-electron chi connectivity index (χ3n) is 4.75. The van der Waals surface area contributed by atoms with Crippen molar-refractivity contribution in [2.45, 2.75) is 75.1 Å². The summed E-state index contributed by atoms with van der Waals surface area (Å²) in [6.45, 7) is 1.47. The molecule has 2 saturated heterocycles. The van der Waals surface area contributed by atoms with Gasteiger partial charge < -0.3 is 55.5 Å². The molecule has 0 aliphatic carbocycles. The van der Waals surface area contributed by atoms with Crippen molar-refractivity contribution in [3.8, 4) is 0 Å². The maximum atomic E-state index is 11.5. The van der Waals surface area contributed by atoms with Crippen molar-refractivity contribution in [1.82, 2.24) is 10.6 Å². The number of aliphatic hydroxyl groups excluding tert-OH is 5. The van der Waals surface area contributed by atoms with E-state index < -0.39 is 85.7 Å². The van der Waals surface area contributed by atoms with Gasteiger partial charge in [0.05, 0.1) is 6.61 Å². The average molecular weight is 438 g/mol. The third kappa shape index (κ3) is 5.22. The molecule has 0 spiro atoms. The molecule has 2 rings (SSSR count). The van der Waals surface area contributed by atoms with Crippen LogP contribution in [-0.2, 0) is 28.6 Å². The molecule has 0 radical (unpaired) electrons. The monoisotopic (exact) mass is 438 g/mol. The van der Waals surface area contributed by atoms with E-state index in [0.29, 0.717) is 0 Å². The zero-order chi connectivity index (χ0) is 22.7. The van der Waals surface area contributed by atoms with Crippen molar-refractivity contribution in [2.75, 3.05) is 6.61 Å². The highest BCUT2D eigenvalue weighted by atomic mass is 16.7. The van der Waals surface area contributed by atoms with Crippen LogP contribution in [-0.4, -0.2) is 116 Å². The number of hydrogen-bond donors (Lipinski definition) is 8. The normalized spacial score (nSPS) is 41.7. The molecule has 2 heterocycles. The first kappa shape index (κ1) is 24.4. The lowest BCUT2D eigenvalue weighted by atomic mass is 9.94. The lowest BCUT2D eigenvalue weighted by Crippen LogP contribution is -2.69. The third-order valence-corrected chi connectivity index (χ3v) is 4.75. The number of carbonyl (C=O) groups excluding carboxylic acids is 2. The Bertz CT molecular complexity index is 648. The summed E-state index contributed by atoms with van der Waals surface area (Å²) in [5.41, 5.74) is 0. The number of aliphatic hydroxyl groups is 5. The van der Waals surface area contributed by atoms with E-state index >= 15 is 0 Å². The second-order valence-corrected chi connectivity index (χ2v) is 7.04. The molecular weight excluding hydrogens is 412 g/mol. The fourth-order valence-electron chi connectivity index (χ4n) is 3.37. The van der Waals surface area contributed by atoms with Gasteiger partial charge in [-0.2, -0.15) is 0 Å². The minimum atomic E-state index is -1.93. The Morgan fingerprint density at radius 2 is 1.47 bits per heavy atom. The number of carboxylic acids is 1. The van der Waals surface area contributed by atoms with Gasteiger partial charge in [0, 0.05) is 13.8 Å². The number of hydrogen-bond acceptors (Lipinski definition) is 11. The molecule has 172 valence electrons. The molecule has 0 aromatic carbocycles. The number of rotatable bonds is 6. The van der Waals surface area contributed by atoms with E-state index in [-0.39, 0.29) is 0 Å². The second kappa shape index (κ2) is 9.93. The first-order valence-corrected chi connectivity index (χ1v) is 9.04. The Labute approximate surface area is 170 Å². The highest BCUT2D eigenvalue weighted by molar-refractivity contribution is 5.75. The summed E-state index contributed by atoms with van der Waals surface area (Å²) in [5, 5.41) is 64.1. The lowest BCUT2D eigenvalue weighted by Gasteiger charge is -2.46. The predicted octanol–water partition coefficient (Wildman–Crippen LogP) is -5.02. The predicted molar refractivity (Wildman–Crippen MR) is 92.4 cm³/mol. The van der Waals surface area contributed by atoms with E-state index in [2.05, 4.69) is 10.6 Å². The van der Waals surface area contributed by atoms with Gasteiger partial charge in [0.25, 0.3) is 0 Å². The average Bonchev–Trinajstić information content (AvgIpc) is 2.65. The van der Waals surface area contributed by atoms with Gasteiger partial charge in [0.1, 0.15) is 42.6 Å². The van der Waals surface area contributed by atoms with Crippen molar-refractivity contribution in [2.24, 2.45) is 0 Å². The van der Waals surface area contributed by atoms with Crippen molar-refractivity contribution < 1.29 is 59.2 Å². The molecule has 2 amide bonds. The standard InChI is InChI=1S/C16H26N2O12/c1-4(20)17-7-10(23)12(6(3-19)28-15(7)27)29-16-8(18-5(2)21)9(22)11(24)13(30-16)14(25)26/h6-13,15-16,19,22-24,27H,3H2,1-2H3,(H,17,20)(H,18,21)(H,25,26)/t6-,7-,8-,9-,10-,11+,12-,13+,15+,16-/m1/s1. The molecule has 0 aromatic heterocycles. The largest absolute Gasteiger partial charge is 0.479 e. The molecule has 0 aromatic rings. The number of amides is 2. The van der Waals surface area contributed by atoms with Crippen LogP contribution in [0.2, 0.25) is 0 Å². The molecular formula is C16H26N2O12. The van der Waals surface area contributed by atoms with Crippen LogP contribution >= 0.6 is 0 Å². The van der Waals surface area contributed by atoms with Gasteiger partial charge in [-0.1, -0.05) is 0 Å². The zero-order valence-electron chi connectivity index (χ0n) is 16.1. The van der Waals surface area contributed by atoms with Crippen molar-refractivity contribution in [3.63, 3.8) is 0 Å².